The number of rotatable bonds is 6. The second-order valence-corrected chi connectivity index (χ2v) is 13.1. The molecule has 6 rings (SSSR count). The summed E-state index contributed by atoms with van der Waals surface area (Å²) in [6, 6.07) is 7.42. The predicted molar refractivity (Wildman–Crippen MR) is 136 cm³/mol. The Morgan fingerprint density at radius 2 is 1.92 bits per heavy atom. The molecule has 9 nitrogen and oxygen atoms in total. The molecule has 3 heterocycles. The molecule has 38 heavy (non-hydrogen) atoms. The summed E-state index contributed by atoms with van der Waals surface area (Å²) in [7, 11) is -2.64. The maximum Gasteiger partial charge on any atom is 0.252 e. The molecule has 1 saturated carbocycles. The maximum atomic E-state index is 14.5. The molecule has 3 atom stereocenters. The Morgan fingerprint density at radius 3 is 2.66 bits per heavy atom. The van der Waals surface area contributed by atoms with E-state index in [0.29, 0.717) is 18.2 Å². The van der Waals surface area contributed by atoms with E-state index in [1.807, 2.05) is 6.07 Å². The second-order valence-electron chi connectivity index (χ2n) is 10.7. The second kappa shape index (κ2) is 8.42. The molecule has 12 heteroatoms. The van der Waals surface area contributed by atoms with Gasteiger partial charge in [0.25, 0.3) is 5.95 Å². The molecule has 0 saturated heterocycles. The molecule has 2 bridgehead atoms. The van der Waals surface area contributed by atoms with E-state index in [4.69, 9.17) is 9.76 Å². The Morgan fingerprint density at radius 1 is 1.16 bits per heavy atom. The maximum absolute atomic E-state index is 14.5. The predicted octanol–water partition coefficient (Wildman–Crippen LogP) is 4.21. The molecule has 3 aromatic heterocycles. The van der Waals surface area contributed by atoms with Crippen molar-refractivity contribution in [1.82, 2.24) is 34.9 Å². The van der Waals surface area contributed by atoms with Crippen molar-refractivity contribution in [3.8, 4) is 17.2 Å². The number of hydrogen-bond acceptors (Lipinski definition) is 8. The monoisotopic (exact) mass is 536 g/mol. The molecule has 2 aliphatic rings. The Hall–Kier alpha value is -3.67. The number of aromatic nitrogens is 7. The summed E-state index contributed by atoms with van der Waals surface area (Å²) in [5.41, 5.74) is 1.64. The minimum absolute atomic E-state index is 0.117. The smallest absolute Gasteiger partial charge is 0.252 e. The minimum Gasteiger partial charge on any atom is -0.253 e. The summed E-state index contributed by atoms with van der Waals surface area (Å²) in [6.07, 6.45) is 6.57. The lowest BCUT2D eigenvalue weighted by Crippen LogP contribution is -2.38. The summed E-state index contributed by atoms with van der Waals surface area (Å²) in [6.45, 7) is 4.35. The Labute approximate surface area is 218 Å². The van der Waals surface area contributed by atoms with Crippen LogP contribution in [0.2, 0.25) is 0 Å². The van der Waals surface area contributed by atoms with Gasteiger partial charge >= 0.3 is 0 Å². The first-order valence-electron chi connectivity index (χ1n) is 12.3. The zero-order valence-electron chi connectivity index (χ0n) is 21.2. The quantitative estimate of drug-likeness (QED) is 0.391. The van der Waals surface area contributed by atoms with Gasteiger partial charge in [-0.05, 0) is 54.0 Å². The van der Waals surface area contributed by atoms with Gasteiger partial charge < -0.3 is 0 Å². The molecule has 0 amide bonds. The van der Waals surface area contributed by atoms with E-state index in [9.17, 15) is 13.0 Å². The van der Waals surface area contributed by atoms with Crippen molar-refractivity contribution < 1.29 is 13.0 Å². The van der Waals surface area contributed by atoms with E-state index >= 15 is 0 Å². The average molecular weight is 537 g/mol. The van der Waals surface area contributed by atoms with Crippen molar-refractivity contribution in [3.05, 3.63) is 77.3 Å². The lowest BCUT2D eigenvalue weighted by atomic mass is 9.66. The van der Waals surface area contributed by atoms with Gasteiger partial charge in [-0.2, -0.15) is 9.78 Å². The van der Waals surface area contributed by atoms with Crippen LogP contribution in [0.25, 0.3) is 17.2 Å². The standard InChI is InChI=1S/C26H26F2N8OS/c1-25(2)16-7-10-26(25,23-15(16)13-19(33-34-23)22-17(27)5-4-6-18(22)28)20-8-11-30-24(32-20)36-14-31-21(35-36)9-12-38(3,29)37/h4-6,8,11,13-14,16,29H,7,9-10,12H2,1-3H3/t16-,26-,38+/m0/s1. The van der Waals surface area contributed by atoms with Gasteiger partial charge in [0, 0.05) is 34.4 Å². The van der Waals surface area contributed by atoms with E-state index in [2.05, 4.69) is 39.1 Å². The molecule has 0 spiro atoms. The molecule has 2 aliphatic carbocycles. The third kappa shape index (κ3) is 3.64. The first-order chi connectivity index (χ1) is 18.0. The lowest BCUT2D eigenvalue weighted by molar-refractivity contribution is 0.242. The third-order valence-electron chi connectivity index (χ3n) is 8.14. The summed E-state index contributed by atoms with van der Waals surface area (Å²) >= 11 is 0. The van der Waals surface area contributed by atoms with Crippen molar-refractivity contribution in [2.24, 2.45) is 5.41 Å². The fourth-order valence-electron chi connectivity index (χ4n) is 6.25. The highest BCUT2D eigenvalue weighted by Gasteiger charge is 2.65. The number of hydrogen-bond donors (Lipinski definition) is 1. The van der Waals surface area contributed by atoms with Gasteiger partial charge in [0.15, 0.2) is 5.82 Å². The summed E-state index contributed by atoms with van der Waals surface area (Å²) in [5, 5.41) is 13.3. The van der Waals surface area contributed by atoms with Crippen molar-refractivity contribution >= 4 is 9.73 Å². The topological polar surface area (TPSA) is 123 Å². The van der Waals surface area contributed by atoms with Gasteiger partial charge in [-0.3, -0.25) is 8.99 Å². The largest absolute Gasteiger partial charge is 0.253 e. The number of nitrogens with zero attached hydrogens (tertiary/aromatic N) is 7. The van der Waals surface area contributed by atoms with Crippen molar-refractivity contribution in [1.29, 1.82) is 4.78 Å². The van der Waals surface area contributed by atoms with Crippen LogP contribution in [0.3, 0.4) is 0 Å². The molecule has 1 fully saturated rings. The Kier molecular flexibility index (Phi) is 5.46. The van der Waals surface area contributed by atoms with E-state index in [0.717, 1.165) is 29.8 Å². The van der Waals surface area contributed by atoms with Crippen LogP contribution in [-0.2, 0) is 21.6 Å². The van der Waals surface area contributed by atoms with E-state index < -0.39 is 26.8 Å². The first kappa shape index (κ1) is 24.7. The molecule has 0 unspecified atom stereocenters. The fraction of sp³-hybridized carbons (Fsp3) is 0.385. The Balaban J connectivity index is 1.41. The van der Waals surface area contributed by atoms with Crippen molar-refractivity contribution in [2.45, 2.75) is 44.4 Å². The molecule has 1 aromatic carbocycles. The van der Waals surface area contributed by atoms with Crippen LogP contribution in [0.5, 0.6) is 0 Å². The van der Waals surface area contributed by atoms with Crippen LogP contribution >= 0.6 is 0 Å². The first-order valence-corrected chi connectivity index (χ1v) is 14.4. The van der Waals surface area contributed by atoms with E-state index in [1.54, 1.807) is 12.3 Å². The highest BCUT2D eigenvalue weighted by Crippen LogP contribution is 2.69. The summed E-state index contributed by atoms with van der Waals surface area (Å²) < 4.78 is 49.8. The van der Waals surface area contributed by atoms with Crippen molar-refractivity contribution in [3.63, 3.8) is 0 Å². The molecule has 4 aromatic rings. The zero-order valence-corrected chi connectivity index (χ0v) is 22.0. The van der Waals surface area contributed by atoms with Crippen molar-refractivity contribution in [2.75, 3.05) is 12.0 Å². The zero-order chi connectivity index (χ0) is 26.9. The summed E-state index contributed by atoms with van der Waals surface area (Å²) in [5.74, 6) is -0.257. The number of fused-ring (bicyclic) bond motifs is 5. The molecule has 196 valence electrons. The van der Waals surface area contributed by atoms with Crippen LogP contribution in [-0.4, -0.2) is 51.1 Å². The molecular weight excluding hydrogens is 510 g/mol. The van der Waals surface area contributed by atoms with Gasteiger partial charge in [-0.1, -0.05) is 19.9 Å². The summed E-state index contributed by atoms with van der Waals surface area (Å²) in [4.78, 5) is 13.5. The van der Waals surface area contributed by atoms with E-state index in [-0.39, 0.29) is 28.3 Å². The highest BCUT2D eigenvalue weighted by atomic mass is 32.2. The Bertz CT molecular complexity index is 1670. The van der Waals surface area contributed by atoms with Crippen LogP contribution in [0, 0.1) is 21.8 Å². The number of aryl methyl sites for hydroxylation is 1. The third-order valence-corrected chi connectivity index (χ3v) is 9.12. The number of benzene rings is 1. The molecule has 0 radical (unpaired) electrons. The van der Waals surface area contributed by atoms with Crippen LogP contribution < -0.4 is 0 Å². The van der Waals surface area contributed by atoms with Crippen LogP contribution in [0.15, 0.2) is 42.9 Å². The lowest BCUT2D eigenvalue weighted by Gasteiger charge is -2.37. The molecular formula is C26H26F2N8OS. The highest BCUT2D eigenvalue weighted by molar-refractivity contribution is 7.91. The van der Waals surface area contributed by atoms with Crippen LogP contribution in [0.1, 0.15) is 55.4 Å². The SMILES string of the molecule is CC1(C)[C@H]2CC[C@]1(c1ccnc(-n3cnc(CC[S@](C)(=N)=O)n3)n1)c1nnc(-c3c(F)cccc3F)cc12. The van der Waals surface area contributed by atoms with Gasteiger partial charge in [0.1, 0.15) is 18.0 Å². The van der Waals surface area contributed by atoms with Crippen LogP contribution in [0.4, 0.5) is 8.78 Å². The number of nitrogens with one attached hydrogen (secondary N) is 1. The molecule has 0 aliphatic heterocycles. The normalized spacial score (nSPS) is 22.8. The van der Waals surface area contributed by atoms with E-state index in [1.165, 1.54) is 35.5 Å². The van der Waals surface area contributed by atoms with Gasteiger partial charge in [0.05, 0.1) is 28.1 Å². The fourth-order valence-corrected chi connectivity index (χ4v) is 6.82. The van der Waals surface area contributed by atoms with Gasteiger partial charge in [0.2, 0.25) is 0 Å². The van der Waals surface area contributed by atoms with Gasteiger partial charge in [-0.15, -0.1) is 10.2 Å². The molecule has 1 N–H and O–H groups in total. The average Bonchev–Trinajstić information content (AvgIpc) is 3.50. The number of halogens is 2. The van der Waals surface area contributed by atoms with Gasteiger partial charge in [-0.25, -0.2) is 23.7 Å². The minimum atomic E-state index is -2.64.